The van der Waals surface area contributed by atoms with Gasteiger partial charge in [0.25, 0.3) is 0 Å². The molecule has 0 radical (unpaired) electrons. The first kappa shape index (κ1) is 12.4. The molecule has 3 aromatic rings. The van der Waals surface area contributed by atoms with Crippen molar-refractivity contribution in [1.29, 1.82) is 0 Å². The molecule has 1 aromatic carbocycles. The number of rotatable bonds is 3. The topological polar surface area (TPSA) is 37.8 Å². The van der Waals surface area contributed by atoms with Gasteiger partial charge in [0.15, 0.2) is 0 Å². The van der Waals surface area contributed by atoms with Gasteiger partial charge < -0.3 is 5.32 Å². The highest BCUT2D eigenvalue weighted by Gasteiger charge is 2.05. The van der Waals surface area contributed by atoms with E-state index in [0.29, 0.717) is 5.02 Å². The third-order valence-electron chi connectivity index (χ3n) is 2.84. The standard InChI is InChI=1S/C14H12ClN3S/c1-9-17-7-10(19-9)8-18-13-5-4-12(15)14-11(13)3-2-6-16-14/h2-7,18H,8H2,1H3. The van der Waals surface area contributed by atoms with Crippen molar-refractivity contribution in [2.45, 2.75) is 13.5 Å². The van der Waals surface area contributed by atoms with Crippen molar-refractivity contribution >= 4 is 39.5 Å². The Morgan fingerprint density at radius 3 is 2.95 bits per heavy atom. The highest BCUT2D eigenvalue weighted by Crippen LogP contribution is 2.28. The van der Waals surface area contributed by atoms with Crippen molar-refractivity contribution in [3.8, 4) is 0 Å². The average molecular weight is 290 g/mol. The number of aromatic nitrogens is 2. The molecule has 0 bridgehead atoms. The molecule has 0 atom stereocenters. The van der Waals surface area contributed by atoms with Gasteiger partial charge in [0, 0.05) is 28.3 Å². The number of benzene rings is 1. The van der Waals surface area contributed by atoms with Crippen molar-refractivity contribution < 1.29 is 0 Å². The molecule has 1 N–H and O–H groups in total. The van der Waals surface area contributed by atoms with Crippen LogP contribution in [0.1, 0.15) is 9.88 Å². The number of pyridine rings is 1. The van der Waals surface area contributed by atoms with Gasteiger partial charge in [-0.05, 0) is 31.2 Å². The van der Waals surface area contributed by atoms with Gasteiger partial charge in [0.2, 0.25) is 0 Å². The van der Waals surface area contributed by atoms with E-state index in [4.69, 9.17) is 11.6 Å². The molecular weight excluding hydrogens is 278 g/mol. The number of nitrogens with zero attached hydrogens (tertiary/aromatic N) is 2. The lowest BCUT2D eigenvalue weighted by atomic mass is 10.2. The summed E-state index contributed by atoms with van der Waals surface area (Å²) in [6, 6.07) is 7.80. The molecule has 0 aliphatic carbocycles. The number of aryl methyl sites for hydroxylation is 1. The second-order valence-corrected chi connectivity index (χ2v) is 5.92. The number of hydrogen-bond acceptors (Lipinski definition) is 4. The smallest absolute Gasteiger partial charge is 0.0908 e. The second kappa shape index (κ2) is 5.15. The molecule has 0 aliphatic rings. The van der Waals surface area contributed by atoms with E-state index in [1.54, 1.807) is 17.5 Å². The molecule has 0 saturated heterocycles. The van der Waals surface area contributed by atoms with Gasteiger partial charge >= 0.3 is 0 Å². The zero-order chi connectivity index (χ0) is 13.2. The van der Waals surface area contributed by atoms with Crippen LogP contribution in [0.25, 0.3) is 10.9 Å². The summed E-state index contributed by atoms with van der Waals surface area (Å²) in [4.78, 5) is 9.78. The van der Waals surface area contributed by atoms with Crippen LogP contribution in [0.2, 0.25) is 5.02 Å². The van der Waals surface area contributed by atoms with Crippen LogP contribution in [0.4, 0.5) is 5.69 Å². The Morgan fingerprint density at radius 1 is 1.26 bits per heavy atom. The van der Waals surface area contributed by atoms with Crippen molar-refractivity contribution in [2.24, 2.45) is 0 Å². The first-order valence-electron chi connectivity index (χ1n) is 5.92. The number of nitrogens with one attached hydrogen (secondary N) is 1. The minimum atomic E-state index is 0.676. The molecule has 3 nitrogen and oxygen atoms in total. The monoisotopic (exact) mass is 289 g/mol. The van der Waals surface area contributed by atoms with Gasteiger partial charge in [0.05, 0.1) is 22.1 Å². The molecule has 96 valence electrons. The Hall–Kier alpha value is -1.65. The highest BCUT2D eigenvalue weighted by atomic mass is 35.5. The van der Waals surface area contributed by atoms with E-state index in [9.17, 15) is 0 Å². The number of anilines is 1. The van der Waals surface area contributed by atoms with E-state index in [-0.39, 0.29) is 0 Å². The molecular formula is C14H12ClN3S. The zero-order valence-electron chi connectivity index (χ0n) is 10.4. The number of hydrogen-bond donors (Lipinski definition) is 1. The fourth-order valence-electron chi connectivity index (χ4n) is 1.96. The van der Waals surface area contributed by atoms with Crippen LogP contribution < -0.4 is 5.32 Å². The summed E-state index contributed by atoms with van der Waals surface area (Å²) in [7, 11) is 0. The predicted octanol–water partition coefficient (Wildman–Crippen LogP) is 4.27. The molecule has 0 amide bonds. The summed E-state index contributed by atoms with van der Waals surface area (Å²) >= 11 is 7.85. The first-order valence-corrected chi connectivity index (χ1v) is 7.12. The Kier molecular flexibility index (Phi) is 3.36. The molecule has 2 heterocycles. The lowest BCUT2D eigenvalue weighted by molar-refractivity contribution is 1.17. The summed E-state index contributed by atoms with van der Waals surface area (Å²) in [6.45, 7) is 2.77. The maximum atomic E-state index is 6.15. The van der Waals surface area contributed by atoms with E-state index >= 15 is 0 Å². The Morgan fingerprint density at radius 2 is 2.16 bits per heavy atom. The van der Waals surface area contributed by atoms with E-state index in [1.807, 2.05) is 37.4 Å². The van der Waals surface area contributed by atoms with Gasteiger partial charge in [-0.25, -0.2) is 4.98 Å². The third kappa shape index (κ3) is 2.55. The summed E-state index contributed by atoms with van der Waals surface area (Å²) in [5.74, 6) is 0. The second-order valence-electron chi connectivity index (χ2n) is 4.19. The highest BCUT2D eigenvalue weighted by molar-refractivity contribution is 7.11. The van der Waals surface area contributed by atoms with Crippen LogP contribution in [-0.4, -0.2) is 9.97 Å². The van der Waals surface area contributed by atoms with Gasteiger partial charge in [0.1, 0.15) is 0 Å². The van der Waals surface area contributed by atoms with Crippen molar-refractivity contribution in [3.63, 3.8) is 0 Å². The van der Waals surface area contributed by atoms with E-state index in [2.05, 4.69) is 15.3 Å². The largest absolute Gasteiger partial charge is 0.380 e. The normalized spacial score (nSPS) is 10.8. The van der Waals surface area contributed by atoms with Crippen LogP contribution in [0, 0.1) is 6.92 Å². The van der Waals surface area contributed by atoms with Crippen molar-refractivity contribution in [3.05, 3.63) is 51.6 Å². The number of fused-ring (bicyclic) bond motifs is 1. The molecule has 5 heteroatoms. The number of thiazole rings is 1. The van der Waals surface area contributed by atoms with Gasteiger partial charge in [-0.2, -0.15) is 0 Å². The van der Waals surface area contributed by atoms with Gasteiger partial charge in [-0.15, -0.1) is 11.3 Å². The fourth-order valence-corrected chi connectivity index (χ4v) is 2.91. The Labute approximate surface area is 120 Å². The molecule has 2 aromatic heterocycles. The predicted molar refractivity (Wildman–Crippen MR) is 80.9 cm³/mol. The van der Waals surface area contributed by atoms with E-state index in [0.717, 1.165) is 28.1 Å². The zero-order valence-corrected chi connectivity index (χ0v) is 11.9. The fraction of sp³-hybridized carbons (Fsp3) is 0.143. The lowest BCUT2D eigenvalue weighted by Gasteiger charge is -2.09. The first-order chi connectivity index (χ1) is 9.24. The molecule has 19 heavy (non-hydrogen) atoms. The van der Waals surface area contributed by atoms with Crippen LogP contribution in [-0.2, 0) is 6.54 Å². The van der Waals surface area contributed by atoms with Crippen LogP contribution >= 0.6 is 22.9 Å². The summed E-state index contributed by atoms with van der Waals surface area (Å²) in [6.07, 6.45) is 3.66. The molecule has 0 aliphatic heterocycles. The Balaban J connectivity index is 1.91. The van der Waals surface area contributed by atoms with E-state index in [1.165, 1.54) is 4.88 Å². The molecule has 3 rings (SSSR count). The summed E-state index contributed by atoms with van der Waals surface area (Å²) in [5, 5.41) is 6.21. The van der Waals surface area contributed by atoms with Crippen molar-refractivity contribution in [1.82, 2.24) is 9.97 Å². The van der Waals surface area contributed by atoms with Gasteiger partial charge in [-0.3, -0.25) is 4.98 Å². The van der Waals surface area contributed by atoms with Gasteiger partial charge in [-0.1, -0.05) is 11.6 Å². The number of halogens is 1. The Bertz CT molecular complexity index is 724. The van der Waals surface area contributed by atoms with E-state index < -0.39 is 0 Å². The average Bonchev–Trinajstić information content (AvgIpc) is 2.84. The maximum absolute atomic E-state index is 6.15. The SMILES string of the molecule is Cc1ncc(CNc2ccc(Cl)c3ncccc23)s1. The summed E-state index contributed by atoms with van der Waals surface area (Å²) in [5.41, 5.74) is 1.87. The minimum Gasteiger partial charge on any atom is -0.380 e. The molecule has 0 fully saturated rings. The maximum Gasteiger partial charge on any atom is 0.0908 e. The van der Waals surface area contributed by atoms with Crippen LogP contribution in [0.5, 0.6) is 0 Å². The minimum absolute atomic E-state index is 0.676. The van der Waals surface area contributed by atoms with Crippen LogP contribution in [0.3, 0.4) is 0 Å². The van der Waals surface area contributed by atoms with Crippen molar-refractivity contribution in [2.75, 3.05) is 5.32 Å². The summed E-state index contributed by atoms with van der Waals surface area (Å²) < 4.78 is 0. The molecule has 0 unspecified atom stereocenters. The van der Waals surface area contributed by atoms with Crippen LogP contribution in [0.15, 0.2) is 36.7 Å². The quantitative estimate of drug-likeness (QED) is 0.782. The lowest BCUT2D eigenvalue weighted by Crippen LogP contribution is -1.98. The molecule has 0 saturated carbocycles. The molecule has 0 spiro atoms. The third-order valence-corrected chi connectivity index (χ3v) is 4.06.